The van der Waals surface area contributed by atoms with E-state index in [1.807, 2.05) is 72.8 Å². The number of rotatable bonds is 4. The maximum atomic E-state index is 11.3. The van der Waals surface area contributed by atoms with Crippen molar-refractivity contribution >= 4 is 11.4 Å². The van der Waals surface area contributed by atoms with E-state index in [9.17, 15) is 4.79 Å². The van der Waals surface area contributed by atoms with Gasteiger partial charge in [-0.15, -0.1) is 0 Å². The van der Waals surface area contributed by atoms with Crippen molar-refractivity contribution in [2.75, 3.05) is 0 Å². The van der Waals surface area contributed by atoms with E-state index in [1.54, 1.807) is 6.08 Å². The third kappa shape index (κ3) is 3.77. The Balaban J connectivity index is 2.53. The number of nitriles is 1. The molecular formula is C19H15NO. The fourth-order valence-corrected chi connectivity index (χ4v) is 1.99. The van der Waals surface area contributed by atoms with Crippen molar-refractivity contribution in [1.82, 2.24) is 0 Å². The van der Waals surface area contributed by atoms with Crippen LogP contribution in [0.15, 0.2) is 78.4 Å². The highest BCUT2D eigenvalue weighted by Gasteiger charge is 2.05. The predicted molar refractivity (Wildman–Crippen MR) is 84.3 cm³/mol. The van der Waals surface area contributed by atoms with Crippen molar-refractivity contribution in [1.29, 1.82) is 5.26 Å². The molecule has 2 heteroatoms. The summed E-state index contributed by atoms with van der Waals surface area (Å²) in [5.74, 6) is -0.228. The Morgan fingerprint density at radius 3 is 1.76 bits per heavy atom. The smallest absolute Gasteiger partial charge is 0.170 e. The summed E-state index contributed by atoms with van der Waals surface area (Å²) >= 11 is 0. The second-order valence-electron chi connectivity index (χ2n) is 4.56. The Bertz CT molecular complexity index is 678. The SMILES string of the molecule is CC(=O)/C(C#N)=C/C=C(c1ccccc1)c1ccccc1. The molecule has 0 N–H and O–H groups in total. The first kappa shape index (κ1) is 14.5. The highest BCUT2D eigenvalue weighted by atomic mass is 16.1. The molecule has 0 atom stereocenters. The van der Waals surface area contributed by atoms with Crippen LogP contribution in [0.2, 0.25) is 0 Å². The van der Waals surface area contributed by atoms with E-state index < -0.39 is 0 Å². The van der Waals surface area contributed by atoms with E-state index in [2.05, 4.69) is 0 Å². The lowest BCUT2D eigenvalue weighted by Crippen LogP contribution is -1.93. The average Bonchev–Trinajstić information content (AvgIpc) is 2.53. The molecule has 0 aliphatic carbocycles. The number of benzene rings is 2. The summed E-state index contributed by atoms with van der Waals surface area (Å²) in [5, 5.41) is 8.98. The molecule has 0 radical (unpaired) electrons. The highest BCUT2D eigenvalue weighted by molar-refractivity contribution is 5.98. The number of ketones is 1. The maximum Gasteiger partial charge on any atom is 0.170 e. The first-order valence-electron chi connectivity index (χ1n) is 6.66. The predicted octanol–water partition coefficient (Wildman–Crippen LogP) is 4.16. The molecule has 21 heavy (non-hydrogen) atoms. The molecule has 2 aromatic rings. The molecule has 0 saturated carbocycles. The molecule has 0 fully saturated rings. The number of allylic oxidation sites excluding steroid dienone is 3. The highest BCUT2D eigenvalue weighted by Crippen LogP contribution is 2.23. The molecule has 0 amide bonds. The molecule has 0 saturated heterocycles. The molecule has 0 aliphatic rings. The van der Waals surface area contributed by atoms with Crippen LogP contribution in [-0.2, 0) is 4.79 Å². The van der Waals surface area contributed by atoms with Gasteiger partial charge in [0.05, 0.1) is 5.57 Å². The largest absolute Gasteiger partial charge is 0.294 e. The molecule has 0 aromatic heterocycles. The topological polar surface area (TPSA) is 40.9 Å². The summed E-state index contributed by atoms with van der Waals surface area (Å²) in [6.07, 6.45) is 3.41. The zero-order valence-corrected chi connectivity index (χ0v) is 11.8. The number of carbonyl (C=O) groups is 1. The number of hydrogen-bond donors (Lipinski definition) is 0. The van der Waals surface area contributed by atoms with Gasteiger partial charge in [-0.3, -0.25) is 4.79 Å². The Labute approximate surface area is 124 Å². The van der Waals surface area contributed by atoms with Gasteiger partial charge in [0.15, 0.2) is 5.78 Å². The summed E-state index contributed by atoms with van der Waals surface area (Å²) in [5.41, 5.74) is 3.21. The van der Waals surface area contributed by atoms with E-state index in [0.717, 1.165) is 16.7 Å². The molecule has 102 valence electrons. The zero-order valence-electron chi connectivity index (χ0n) is 11.8. The minimum Gasteiger partial charge on any atom is -0.294 e. The minimum absolute atomic E-state index is 0.152. The van der Waals surface area contributed by atoms with Crippen LogP contribution in [0.1, 0.15) is 18.1 Å². The van der Waals surface area contributed by atoms with Crippen molar-refractivity contribution in [3.63, 3.8) is 0 Å². The fourth-order valence-electron chi connectivity index (χ4n) is 1.99. The first-order chi connectivity index (χ1) is 10.2. The summed E-state index contributed by atoms with van der Waals surface area (Å²) in [6, 6.07) is 21.7. The number of Topliss-reactive ketones (excluding diaryl/α,β-unsaturated/α-hetero) is 1. The molecule has 0 aliphatic heterocycles. The number of carbonyl (C=O) groups excluding carboxylic acids is 1. The van der Waals surface area contributed by atoms with E-state index >= 15 is 0 Å². The van der Waals surface area contributed by atoms with Gasteiger partial charge in [0.2, 0.25) is 0 Å². The van der Waals surface area contributed by atoms with Gasteiger partial charge < -0.3 is 0 Å². The second-order valence-corrected chi connectivity index (χ2v) is 4.56. The molecule has 0 unspecified atom stereocenters. The summed E-state index contributed by atoms with van der Waals surface area (Å²) in [6.45, 7) is 1.40. The van der Waals surface area contributed by atoms with Crippen molar-refractivity contribution in [3.05, 3.63) is 89.5 Å². The van der Waals surface area contributed by atoms with Gasteiger partial charge in [-0.1, -0.05) is 66.7 Å². The van der Waals surface area contributed by atoms with Crippen molar-refractivity contribution < 1.29 is 4.79 Å². The van der Waals surface area contributed by atoms with Gasteiger partial charge in [-0.25, -0.2) is 0 Å². The Morgan fingerprint density at radius 2 is 1.38 bits per heavy atom. The quantitative estimate of drug-likeness (QED) is 0.477. The van der Waals surface area contributed by atoms with E-state index in [-0.39, 0.29) is 11.4 Å². The lowest BCUT2D eigenvalue weighted by atomic mass is 9.97. The molecule has 2 aromatic carbocycles. The van der Waals surface area contributed by atoms with Gasteiger partial charge >= 0.3 is 0 Å². The van der Waals surface area contributed by atoms with Crippen LogP contribution in [0.5, 0.6) is 0 Å². The van der Waals surface area contributed by atoms with Gasteiger partial charge in [-0.2, -0.15) is 5.26 Å². The van der Waals surface area contributed by atoms with E-state index in [4.69, 9.17) is 5.26 Å². The Kier molecular flexibility index (Phi) is 4.84. The standard InChI is InChI=1S/C19H15NO/c1-15(21)18(14-20)12-13-19(16-8-4-2-5-9-16)17-10-6-3-7-11-17/h2-13H,1H3/b18-12+. The van der Waals surface area contributed by atoms with Crippen molar-refractivity contribution in [2.45, 2.75) is 6.92 Å². The van der Waals surface area contributed by atoms with Gasteiger partial charge in [0.1, 0.15) is 6.07 Å². The van der Waals surface area contributed by atoms with Gasteiger partial charge in [-0.05, 0) is 29.7 Å². The van der Waals surface area contributed by atoms with E-state index in [1.165, 1.54) is 6.92 Å². The van der Waals surface area contributed by atoms with Crippen LogP contribution in [0, 0.1) is 11.3 Å². The van der Waals surface area contributed by atoms with Crippen LogP contribution in [0.25, 0.3) is 5.57 Å². The van der Waals surface area contributed by atoms with Gasteiger partial charge in [0.25, 0.3) is 0 Å². The molecule has 2 rings (SSSR count). The lowest BCUT2D eigenvalue weighted by molar-refractivity contribution is -0.113. The molecule has 2 nitrogen and oxygen atoms in total. The van der Waals surface area contributed by atoms with Crippen LogP contribution in [-0.4, -0.2) is 5.78 Å². The van der Waals surface area contributed by atoms with Crippen LogP contribution in [0.4, 0.5) is 0 Å². The monoisotopic (exact) mass is 273 g/mol. The zero-order chi connectivity index (χ0) is 15.1. The molecule has 0 spiro atoms. The average molecular weight is 273 g/mol. The third-order valence-electron chi connectivity index (χ3n) is 3.09. The maximum absolute atomic E-state index is 11.3. The molecule has 0 bridgehead atoms. The molecular weight excluding hydrogens is 258 g/mol. The van der Waals surface area contributed by atoms with Crippen LogP contribution in [0.3, 0.4) is 0 Å². The van der Waals surface area contributed by atoms with E-state index in [0.29, 0.717) is 0 Å². The normalized spacial score (nSPS) is 10.6. The summed E-state index contributed by atoms with van der Waals surface area (Å²) in [7, 11) is 0. The van der Waals surface area contributed by atoms with Crippen molar-refractivity contribution in [3.8, 4) is 6.07 Å². The van der Waals surface area contributed by atoms with Crippen LogP contribution >= 0.6 is 0 Å². The van der Waals surface area contributed by atoms with Crippen LogP contribution < -0.4 is 0 Å². The number of nitrogens with zero attached hydrogens (tertiary/aromatic N) is 1. The Hall–Kier alpha value is -2.92. The van der Waals surface area contributed by atoms with Crippen molar-refractivity contribution in [2.24, 2.45) is 0 Å². The Morgan fingerprint density at radius 1 is 0.905 bits per heavy atom. The summed E-state index contributed by atoms with van der Waals surface area (Å²) in [4.78, 5) is 11.3. The minimum atomic E-state index is -0.228. The summed E-state index contributed by atoms with van der Waals surface area (Å²) < 4.78 is 0. The van der Waals surface area contributed by atoms with Gasteiger partial charge in [0, 0.05) is 0 Å². The number of hydrogen-bond acceptors (Lipinski definition) is 2. The first-order valence-corrected chi connectivity index (χ1v) is 6.66. The second kappa shape index (κ2) is 7.02. The molecule has 0 heterocycles. The lowest BCUT2D eigenvalue weighted by Gasteiger charge is -2.07. The third-order valence-corrected chi connectivity index (χ3v) is 3.09. The fraction of sp³-hybridized carbons (Fsp3) is 0.0526.